The molecule has 0 radical (unpaired) electrons. The zero-order chi connectivity index (χ0) is 9.97. The van der Waals surface area contributed by atoms with Crippen molar-refractivity contribution >= 4 is 11.8 Å². The topological polar surface area (TPSA) is 64.9 Å². The molecule has 0 aliphatic heterocycles. The summed E-state index contributed by atoms with van der Waals surface area (Å²) < 4.78 is 5.17. The molecule has 1 aliphatic carbocycles. The molecule has 2 atom stereocenters. The van der Waals surface area contributed by atoms with Crippen LogP contribution in [0.2, 0.25) is 0 Å². The van der Waals surface area contributed by atoms with Crippen molar-refractivity contribution in [2.75, 3.05) is 6.26 Å². The summed E-state index contributed by atoms with van der Waals surface area (Å²) in [6.45, 7) is 0. The highest BCUT2D eigenvalue weighted by atomic mass is 32.2. The second kappa shape index (κ2) is 4.14. The molecule has 0 aromatic carbocycles. The molecular weight excluding hydrogens is 198 g/mol. The van der Waals surface area contributed by atoms with Crippen LogP contribution >= 0.6 is 11.8 Å². The van der Waals surface area contributed by atoms with Gasteiger partial charge in [-0.25, -0.2) is 0 Å². The summed E-state index contributed by atoms with van der Waals surface area (Å²) in [5.41, 5.74) is 5.75. The molecule has 2 unspecified atom stereocenters. The van der Waals surface area contributed by atoms with Crippen molar-refractivity contribution in [3.63, 3.8) is 0 Å². The number of nitrogens with zero attached hydrogens (tertiary/aromatic N) is 2. The maximum Gasteiger partial charge on any atom is 0.233 e. The van der Waals surface area contributed by atoms with E-state index in [1.165, 1.54) is 0 Å². The molecule has 1 aromatic rings. The SMILES string of the molecule is CSCc1noc(C2C=CC(N)C2)n1. The third-order valence-electron chi connectivity index (χ3n) is 2.19. The monoisotopic (exact) mass is 211 g/mol. The molecule has 2 rings (SSSR count). The van der Waals surface area contributed by atoms with Crippen molar-refractivity contribution in [1.82, 2.24) is 10.1 Å². The molecule has 0 spiro atoms. The molecule has 4 nitrogen and oxygen atoms in total. The average Bonchev–Trinajstić information content (AvgIpc) is 2.74. The third kappa shape index (κ3) is 1.99. The van der Waals surface area contributed by atoms with Gasteiger partial charge in [-0.3, -0.25) is 0 Å². The molecule has 1 heterocycles. The minimum absolute atomic E-state index is 0.135. The summed E-state index contributed by atoms with van der Waals surface area (Å²) in [4.78, 5) is 4.31. The Labute approximate surface area is 86.9 Å². The van der Waals surface area contributed by atoms with Gasteiger partial charge >= 0.3 is 0 Å². The van der Waals surface area contributed by atoms with Gasteiger partial charge in [0.15, 0.2) is 5.82 Å². The maximum absolute atomic E-state index is 5.75. The van der Waals surface area contributed by atoms with Crippen LogP contribution in [-0.2, 0) is 5.75 Å². The Bertz CT molecular complexity index is 337. The van der Waals surface area contributed by atoms with Crippen molar-refractivity contribution in [2.45, 2.75) is 24.1 Å². The lowest BCUT2D eigenvalue weighted by Crippen LogP contribution is -2.14. The number of allylic oxidation sites excluding steroid dienone is 1. The smallest absolute Gasteiger partial charge is 0.233 e. The van der Waals surface area contributed by atoms with Crippen molar-refractivity contribution in [3.05, 3.63) is 23.9 Å². The number of hydrogen-bond acceptors (Lipinski definition) is 5. The third-order valence-corrected chi connectivity index (χ3v) is 2.74. The first kappa shape index (κ1) is 9.73. The Kier molecular flexibility index (Phi) is 2.88. The fraction of sp³-hybridized carbons (Fsp3) is 0.556. The molecule has 1 aromatic heterocycles. The molecule has 0 saturated carbocycles. The fourth-order valence-electron chi connectivity index (χ4n) is 1.52. The first-order valence-electron chi connectivity index (χ1n) is 4.55. The van der Waals surface area contributed by atoms with Crippen LogP contribution < -0.4 is 5.73 Å². The van der Waals surface area contributed by atoms with Crippen LogP contribution in [0.5, 0.6) is 0 Å². The molecule has 0 fully saturated rings. The summed E-state index contributed by atoms with van der Waals surface area (Å²) >= 11 is 1.68. The van der Waals surface area contributed by atoms with E-state index in [1.54, 1.807) is 11.8 Å². The second-order valence-corrected chi connectivity index (χ2v) is 4.24. The van der Waals surface area contributed by atoms with Gasteiger partial charge in [0.05, 0.1) is 11.7 Å². The summed E-state index contributed by atoms with van der Waals surface area (Å²) in [5.74, 6) is 2.47. The van der Waals surface area contributed by atoms with Crippen LogP contribution in [0.3, 0.4) is 0 Å². The minimum Gasteiger partial charge on any atom is -0.339 e. The Hall–Kier alpha value is -0.810. The molecule has 0 amide bonds. The van der Waals surface area contributed by atoms with Gasteiger partial charge in [0.25, 0.3) is 0 Å². The van der Waals surface area contributed by atoms with Crippen LogP contribution in [-0.4, -0.2) is 22.4 Å². The highest BCUT2D eigenvalue weighted by Gasteiger charge is 2.22. The van der Waals surface area contributed by atoms with Crippen molar-refractivity contribution in [2.24, 2.45) is 5.73 Å². The van der Waals surface area contributed by atoms with E-state index >= 15 is 0 Å². The molecule has 0 saturated heterocycles. The van der Waals surface area contributed by atoms with Gasteiger partial charge in [-0.15, -0.1) is 0 Å². The van der Waals surface area contributed by atoms with E-state index < -0.39 is 0 Å². The molecule has 76 valence electrons. The lowest BCUT2D eigenvalue weighted by Gasteiger charge is -2.01. The molecule has 14 heavy (non-hydrogen) atoms. The first-order chi connectivity index (χ1) is 6.79. The maximum atomic E-state index is 5.75. The van der Waals surface area contributed by atoms with Gasteiger partial charge in [-0.1, -0.05) is 17.3 Å². The largest absolute Gasteiger partial charge is 0.339 e. The van der Waals surface area contributed by atoms with E-state index in [4.69, 9.17) is 10.3 Å². The molecule has 1 aliphatic rings. The lowest BCUT2D eigenvalue weighted by molar-refractivity contribution is 0.361. The van der Waals surface area contributed by atoms with Gasteiger partial charge in [0.1, 0.15) is 0 Å². The zero-order valence-electron chi connectivity index (χ0n) is 8.01. The second-order valence-electron chi connectivity index (χ2n) is 3.37. The Balaban J connectivity index is 2.06. The average molecular weight is 211 g/mol. The summed E-state index contributed by atoms with van der Waals surface area (Å²) in [6.07, 6.45) is 6.92. The van der Waals surface area contributed by atoms with Crippen molar-refractivity contribution < 1.29 is 4.52 Å². The van der Waals surface area contributed by atoms with Gasteiger partial charge in [-0.05, 0) is 12.7 Å². The molecule has 2 N–H and O–H groups in total. The Morgan fingerprint density at radius 1 is 1.64 bits per heavy atom. The molecule has 0 bridgehead atoms. The fourth-order valence-corrected chi connectivity index (χ4v) is 1.89. The lowest BCUT2D eigenvalue weighted by atomic mass is 10.1. The Morgan fingerprint density at radius 3 is 3.14 bits per heavy atom. The van der Waals surface area contributed by atoms with Crippen molar-refractivity contribution in [1.29, 1.82) is 0 Å². The van der Waals surface area contributed by atoms with E-state index in [0.717, 1.165) is 18.0 Å². The van der Waals surface area contributed by atoms with Crippen LogP contribution in [0.25, 0.3) is 0 Å². The number of nitrogens with two attached hydrogens (primary N) is 1. The van der Waals surface area contributed by atoms with E-state index in [0.29, 0.717) is 5.89 Å². The van der Waals surface area contributed by atoms with Crippen LogP contribution in [0.1, 0.15) is 24.1 Å². The highest BCUT2D eigenvalue weighted by Crippen LogP contribution is 2.26. The summed E-state index contributed by atoms with van der Waals surface area (Å²) in [6, 6.07) is 0.135. The standard InChI is InChI=1S/C9H13N3OS/c1-14-5-8-11-9(13-12-8)6-2-3-7(10)4-6/h2-3,6-7H,4-5,10H2,1H3. The normalized spacial score (nSPS) is 25.9. The predicted octanol–water partition coefficient (Wildman–Crippen LogP) is 1.30. The number of thioether (sulfide) groups is 1. The minimum atomic E-state index is 0.135. The Morgan fingerprint density at radius 2 is 2.50 bits per heavy atom. The number of hydrogen-bond donors (Lipinski definition) is 1. The van der Waals surface area contributed by atoms with E-state index in [9.17, 15) is 0 Å². The van der Waals surface area contributed by atoms with Crippen LogP contribution in [0, 0.1) is 0 Å². The number of rotatable bonds is 3. The van der Waals surface area contributed by atoms with Crippen LogP contribution in [0.4, 0.5) is 0 Å². The molecular formula is C9H13N3OS. The van der Waals surface area contributed by atoms with E-state index in [2.05, 4.69) is 10.1 Å². The van der Waals surface area contributed by atoms with E-state index in [-0.39, 0.29) is 12.0 Å². The van der Waals surface area contributed by atoms with Crippen LogP contribution in [0.15, 0.2) is 16.7 Å². The van der Waals surface area contributed by atoms with Gasteiger partial charge in [0.2, 0.25) is 5.89 Å². The quantitative estimate of drug-likeness (QED) is 0.763. The van der Waals surface area contributed by atoms with E-state index in [1.807, 2.05) is 18.4 Å². The highest BCUT2D eigenvalue weighted by molar-refractivity contribution is 7.97. The summed E-state index contributed by atoms with van der Waals surface area (Å²) in [7, 11) is 0. The first-order valence-corrected chi connectivity index (χ1v) is 5.94. The summed E-state index contributed by atoms with van der Waals surface area (Å²) in [5, 5.41) is 3.89. The number of aromatic nitrogens is 2. The zero-order valence-corrected chi connectivity index (χ0v) is 8.83. The predicted molar refractivity (Wildman–Crippen MR) is 56.0 cm³/mol. The van der Waals surface area contributed by atoms with Crippen molar-refractivity contribution in [3.8, 4) is 0 Å². The molecule has 5 heteroatoms. The van der Waals surface area contributed by atoms with Gasteiger partial charge in [-0.2, -0.15) is 16.7 Å². The van der Waals surface area contributed by atoms with Gasteiger partial charge < -0.3 is 10.3 Å². The van der Waals surface area contributed by atoms with Gasteiger partial charge in [0, 0.05) is 6.04 Å².